The molecular weight excluding hydrogens is 264 g/mol. The number of esters is 1. The van der Waals surface area contributed by atoms with Crippen LogP contribution in [-0.2, 0) is 21.0 Å². The maximum atomic E-state index is 12.3. The van der Waals surface area contributed by atoms with Crippen LogP contribution in [0, 0.1) is 0 Å². The minimum atomic E-state index is -3.40. The second-order valence-electron chi connectivity index (χ2n) is 4.50. The number of methoxy groups -OCH3 is 1. The lowest BCUT2D eigenvalue weighted by atomic mass is 10.0. The van der Waals surface area contributed by atoms with Crippen molar-refractivity contribution in [2.24, 2.45) is 0 Å². The Hall–Kier alpha value is -1.62. The van der Waals surface area contributed by atoms with E-state index >= 15 is 0 Å². The molecule has 1 aliphatic rings. The van der Waals surface area contributed by atoms with E-state index in [1.807, 2.05) is 6.92 Å². The second-order valence-corrected chi connectivity index (χ2v) is 6.77. The van der Waals surface area contributed by atoms with E-state index < -0.39 is 21.1 Å². The molecule has 0 bridgehead atoms. The van der Waals surface area contributed by atoms with Gasteiger partial charge in [-0.2, -0.15) is 0 Å². The van der Waals surface area contributed by atoms with Crippen molar-refractivity contribution in [3.05, 3.63) is 34.9 Å². The summed E-state index contributed by atoms with van der Waals surface area (Å²) in [6.07, 6.45) is 4.09. The van der Waals surface area contributed by atoms with E-state index in [1.54, 1.807) is 25.1 Å². The highest BCUT2D eigenvalue weighted by Crippen LogP contribution is 2.30. The van der Waals surface area contributed by atoms with Gasteiger partial charge in [0.15, 0.2) is 9.84 Å². The number of fused-ring (bicyclic) bond motifs is 1. The quantitative estimate of drug-likeness (QED) is 0.779. The number of rotatable bonds is 2. The molecule has 0 aliphatic carbocycles. The van der Waals surface area contributed by atoms with Gasteiger partial charge in [-0.25, -0.2) is 13.2 Å². The fourth-order valence-corrected chi connectivity index (χ4v) is 3.58. The topological polar surface area (TPSA) is 60.4 Å². The average molecular weight is 280 g/mol. The first-order chi connectivity index (χ1) is 8.91. The van der Waals surface area contributed by atoms with E-state index in [2.05, 4.69) is 0 Å². The van der Waals surface area contributed by atoms with Gasteiger partial charge in [0, 0.05) is 0 Å². The Labute approximate surface area is 113 Å². The Morgan fingerprint density at radius 1 is 1.37 bits per heavy atom. The SMILES string of the molecule is CCc1cc2c(cc1C(=O)OC)S(=O)(=O)C(C)C=C2. The van der Waals surface area contributed by atoms with Crippen LogP contribution in [0.15, 0.2) is 23.1 Å². The first kappa shape index (κ1) is 13.8. The molecular formula is C14H16O4S. The van der Waals surface area contributed by atoms with Crippen molar-refractivity contribution in [3.63, 3.8) is 0 Å². The van der Waals surface area contributed by atoms with E-state index in [4.69, 9.17) is 4.74 Å². The predicted octanol–water partition coefficient (Wildman–Crippen LogP) is 2.22. The van der Waals surface area contributed by atoms with Crippen LogP contribution in [0.3, 0.4) is 0 Å². The van der Waals surface area contributed by atoms with Gasteiger partial charge in [-0.3, -0.25) is 0 Å². The molecule has 5 heteroatoms. The number of aryl methyl sites for hydroxylation is 1. The zero-order valence-electron chi connectivity index (χ0n) is 11.1. The van der Waals surface area contributed by atoms with Crippen LogP contribution in [-0.4, -0.2) is 26.7 Å². The number of carbonyl (C=O) groups excluding carboxylic acids is 1. The van der Waals surface area contributed by atoms with Crippen LogP contribution in [0.25, 0.3) is 6.08 Å². The molecule has 102 valence electrons. The smallest absolute Gasteiger partial charge is 0.338 e. The Bertz CT molecular complexity index is 656. The normalized spacial score (nSPS) is 19.8. The standard InChI is InChI=1S/C14H16O4S/c1-4-10-7-11-6-5-9(2)19(16,17)13(11)8-12(10)14(15)18-3/h5-9H,4H2,1-3H3. The van der Waals surface area contributed by atoms with E-state index in [0.717, 1.165) is 5.56 Å². The monoisotopic (exact) mass is 280 g/mol. The van der Waals surface area contributed by atoms with Crippen LogP contribution < -0.4 is 0 Å². The van der Waals surface area contributed by atoms with Gasteiger partial charge in [-0.1, -0.05) is 19.1 Å². The Morgan fingerprint density at radius 3 is 2.63 bits per heavy atom. The maximum Gasteiger partial charge on any atom is 0.338 e. The number of benzene rings is 1. The van der Waals surface area contributed by atoms with Crippen molar-refractivity contribution in [3.8, 4) is 0 Å². The van der Waals surface area contributed by atoms with E-state index in [1.165, 1.54) is 13.2 Å². The van der Waals surface area contributed by atoms with Gasteiger partial charge in [0.25, 0.3) is 0 Å². The summed E-state index contributed by atoms with van der Waals surface area (Å²) in [7, 11) is -2.11. The maximum absolute atomic E-state index is 12.3. The third-order valence-corrected chi connectivity index (χ3v) is 5.47. The first-order valence-corrected chi connectivity index (χ1v) is 7.63. The molecule has 1 aromatic rings. The lowest BCUT2D eigenvalue weighted by Gasteiger charge is -2.19. The number of carbonyl (C=O) groups is 1. The Balaban J connectivity index is 2.73. The average Bonchev–Trinajstić information content (AvgIpc) is 2.41. The molecule has 1 unspecified atom stereocenters. The highest BCUT2D eigenvalue weighted by atomic mass is 32.2. The molecule has 0 spiro atoms. The summed E-state index contributed by atoms with van der Waals surface area (Å²) < 4.78 is 29.2. The minimum absolute atomic E-state index is 0.208. The van der Waals surface area contributed by atoms with Crippen LogP contribution in [0.2, 0.25) is 0 Å². The molecule has 0 aromatic heterocycles. The molecule has 0 amide bonds. The van der Waals surface area contributed by atoms with Crippen LogP contribution >= 0.6 is 0 Å². The van der Waals surface area contributed by atoms with Crippen LogP contribution in [0.5, 0.6) is 0 Å². The molecule has 1 aromatic carbocycles. The zero-order chi connectivity index (χ0) is 14.2. The molecule has 4 nitrogen and oxygen atoms in total. The zero-order valence-corrected chi connectivity index (χ0v) is 12.0. The Kier molecular flexibility index (Phi) is 3.49. The van der Waals surface area contributed by atoms with Crippen molar-refractivity contribution in [1.82, 2.24) is 0 Å². The van der Waals surface area contributed by atoms with Crippen molar-refractivity contribution < 1.29 is 17.9 Å². The number of sulfone groups is 1. The molecule has 0 fully saturated rings. The number of hydrogen-bond donors (Lipinski definition) is 0. The molecule has 1 aliphatic heterocycles. The fourth-order valence-electron chi connectivity index (χ4n) is 2.16. The third-order valence-electron chi connectivity index (χ3n) is 3.36. The minimum Gasteiger partial charge on any atom is -0.465 e. The highest BCUT2D eigenvalue weighted by Gasteiger charge is 2.29. The largest absolute Gasteiger partial charge is 0.465 e. The third kappa shape index (κ3) is 2.18. The van der Waals surface area contributed by atoms with Gasteiger partial charge in [0.1, 0.15) is 0 Å². The molecule has 1 atom stereocenters. The molecule has 0 radical (unpaired) electrons. The van der Waals surface area contributed by atoms with Gasteiger partial charge in [0.2, 0.25) is 0 Å². The molecule has 2 rings (SSSR count). The number of hydrogen-bond acceptors (Lipinski definition) is 4. The summed E-state index contributed by atoms with van der Waals surface area (Å²) in [4.78, 5) is 11.9. The van der Waals surface area contributed by atoms with Crippen LogP contribution in [0.1, 0.15) is 35.3 Å². The van der Waals surface area contributed by atoms with E-state index in [9.17, 15) is 13.2 Å². The fraction of sp³-hybridized carbons (Fsp3) is 0.357. The highest BCUT2D eigenvalue weighted by molar-refractivity contribution is 7.92. The van der Waals surface area contributed by atoms with Crippen molar-refractivity contribution >= 4 is 21.9 Å². The summed E-state index contributed by atoms with van der Waals surface area (Å²) in [6.45, 7) is 3.54. The lowest BCUT2D eigenvalue weighted by Crippen LogP contribution is -2.21. The summed E-state index contributed by atoms with van der Waals surface area (Å²) in [5.74, 6) is -0.503. The van der Waals surface area contributed by atoms with E-state index in [-0.39, 0.29) is 4.90 Å². The summed E-state index contributed by atoms with van der Waals surface area (Å²) in [5.41, 5.74) is 1.76. The Morgan fingerprint density at radius 2 is 2.05 bits per heavy atom. The summed E-state index contributed by atoms with van der Waals surface area (Å²) >= 11 is 0. The lowest BCUT2D eigenvalue weighted by molar-refractivity contribution is 0.0599. The van der Waals surface area contributed by atoms with Gasteiger partial charge in [-0.15, -0.1) is 0 Å². The molecule has 0 N–H and O–H groups in total. The molecule has 1 heterocycles. The van der Waals surface area contributed by atoms with Gasteiger partial charge < -0.3 is 4.74 Å². The van der Waals surface area contributed by atoms with Gasteiger partial charge >= 0.3 is 5.97 Å². The van der Waals surface area contributed by atoms with Crippen molar-refractivity contribution in [2.45, 2.75) is 30.4 Å². The predicted molar refractivity (Wildman–Crippen MR) is 72.8 cm³/mol. The van der Waals surface area contributed by atoms with E-state index in [0.29, 0.717) is 17.5 Å². The molecule has 19 heavy (non-hydrogen) atoms. The summed E-state index contributed by atoms with van der Waals surface area (Å²) in [6, 6.07) is 3.19. The number of ether oxygens (including phenoxy) is 1. The van der Waals surface area contributed by atoms with Crippen molar-refractivity contribution in [1.29, 1.82) is 0 Å². The van der Waals surface area contributed by atoms with Crippen molar-refractivity contribution in [2.75, 3.05) is 7.11 Å². The second kappa shape index (κ2) is 4.81. The molecule has 0 saturated heterocycles. The molecule has 0 saturated carbocycles. The first-order valence-electron chi connectivity index (χ1n) is 6.09. The van der Waals surface area contributed by atoms with Gasteiger partial charge in [-0.05, 0) is 36.6 Å². The van der Waals surface area contributed by atoms with Gasteiger partial charge in [0.05, 0.1) is 22.8 Å². The summed E-state index contributed by atoms with van der Waals surface area (Å²) in [5, 5.41) is -0.571. The van der Waals surface area contributed by atoms with Crippen LogP contribution in [0.4, 0.5) is 0 Å².